The summed E-state index contributed by atoms with van der Waals surface area (Å²) >= 11 is 0. The Bertz CT molecular complexity index is 639. The lowest BCUT2D eigenvalue weighted by Crippen LogP contribution is -1.94. The molecule has 0 fully saturated rings. The first-order chi connectivity index (χ1) is 8.93. The van der Waals surface area contributed by atoms with Crippen LogP contribution in [0.1, 0.15) is 11.3 Å². The highest BCUT2D eigenvalue weighted by Crippen LogP contribution is 2.19. The van der Waals surface area contributed by atoms with Gasteiger partial charge in [0.1, 0.15) is 0 Å². The average Bonchev–Trinajstić information content (AvgIpc) is 2.46. The molecule has 3 aromatic rings. The number of nitrogens with zero attached hydrogens (tertiary/aromatic N) is 1. The van der Waals surface area contributed by atoms with E-state index in [-0.39, 0.29) is 0 Å². The maximum atomic E-state index is 4.37. The minimum atomic E-state index is 0.995. The Labute approximate surface area is 107 Å². The molecule has 3 rings (SSSR count). The van der Waals surface area contributed by atoms with Crippen LogP contribution in [0.25, 0.3) is 10.8 Å². The largest absolute Gasteiger partial charge is 0.261 e. The number of hydrogen-bond donors (Lipinski definition) is 0. The molecule has 1 aromatic heterocycles. The van der Waals surface area contributed by atoms with Crippen molar-refractivity contribution in [3.63, 3.8) is 0 Å². The average molecular weight is 233 g/mol. The lowest BCUT2D eigenvalue weighted by Gasteiger charge is -2.06. The molecule has 1 heteroatoms. The zero-order valence-corrected chi connectivity index (χ0v) is 10.2. The second-order valence-corrected chi connectivity index (χ2v) is 4.46. The van der Waals surface area contributed by atoms with Gasteiger partial charge < -0.3 is 0 Å². The third-order valence-corrected chi connectivity index (χ3v) is 3.26. The third-order valence-electron chi connectivity index (χ3n) is 3.26. The zero-order chi connectivity index (χ0) is 12.2. The van der Waals surface area contributed by atoms with Gasteiger partial charge in [-0.05, 0) is 41.3 Å². The van der Waals surface area contributed by atoms with E-state index in [2.05, 4.69) is 53.5 Å². The van der Waals surface area contributed by atoms with Crippen molar-refractivity contribution in [1.82, 2.24) is 4.98 Å². The molecule has 0 aliphatic heterocycles. The Kier molecular flexibility index (Phi) is 3.05. The standard InChI is InChI=1S/C17H15N/c1-2-10-17-14(6-1)7-5-8-15(17)11-12-16-9-3-4-13-18-16/h1-10,13H,11-12H2. The summed E-state index contributed by atoms with van der Waals surface area (Å²) in [5, 5.41) is 2.67. The van der Waals surface area contributed by atoms with Crippen molar-refractivity contribution in [2.75, 3.05) is 0 Å². The number of hydrogen-bond acceptors (Lipinski definition) is 1. The monoisotopic (exact) mass is 233 g/mol. The quantitative estimate of drug-likeness (QED) is 0.665. The molecule has 0 radical (unpaired) electrons. The van der Waals surface area contributed by atoms with Gasteiger partial charge in [-0.25, -0.2) is 0 Å². The highest BCUT2D eigenvalue weighted by molar-refractivity contribution is 5.85. The summed E-state index contributed by atoms with van der Waals surface area (Å²) in [5.74, 6) is 0. The van der Waals surface area contributed by atoms with E-state index in [1.807, 2.05) is 18.3 Å². The second-order valence-electron chi connectivity index (χ2n) is 4.46. The van der Waals surface area contributed by atoms with Crippen LogP contribution in [0.4, 0.5) is 0 Å². The predicted molar refractivity (Wildman–Crippen MR) is 75.6 cm³/mol. The van der Waals surface area contributed by atoms with E-state index in [4.69, 9.17) is 0 Å². The van der Waals surface area contributed by atoms with Crippen LogP contribution in [-0.2, 0) is 12.8 Å². The van der Waals surface area contributed by atoms with Crippen LogP contribution >= 0.6 is 0 Å². The Morgan fingerprint density at radius 2 is 1.56 bits per heavy atom. The van der Waals surface area contributed by atoms with E-state index >= 15 is 0 Å². The SMILES string of the molecule is c1ccc(CCc2cccc3ccccc23)nc1. The summed E-state index contributed by atoms with van der Waals surface area (Å²) in [7, 11) is 0. The van der Waals surface area contributed by atoms with Crippen LogP contribution < -0.4 is 0 Å². The van der Waals surface area contributed by atoms with Crippen molar-refractivity contribution in [3.05, 3.63) is 78.1 Å². The van der Waals surface area contributed by atoms with E-state index in [0.29, 0.717) is 0 Å². The van der Waals surface area contributed by atoms with Gasteiger partial charge in [-0.2, -0.15) is 0 Å². The molecule has 88 valence electrons. The first-order valence-electron chi connectivity index (χ1n) is 6.30. The number of rotatable bonds is 3. The summed E-state index contributed by atoms with van der Waals surface area (Å²) in [6.07, 6.45) is 3.89. The van der Waals surface area contributed by atoms with Crippen LogP contribution in [0.2, 0.25) is 0 Å². The highest BCUT2D eigenvalue weighted by atomic mass is 14.7. The second kappa shape index (κ2) is 5.01. The van der Waals surface area contributed by atoms with Crippen molar-refractivity contribution in [3.8, 4) is 0 Å². The van der Waals surface area contributed by atoms with E-state index in [1.54, 1.807) is 0 Å². The topological polar surface area (TPSA) is 12.9 Å². The molecular formula is C17H15N. The summed E-state index contributed by atoms with van der Waals surface area (Å²) in [6.45, 7) is 0. The van der Waals surface area contributed by atoms with Gasteiger partial charge >= 0.3 is 0 Å². The molecule has 0 atom stereocenters. The normalized spacial score (nSPS) is 10.7. The number of benzene rings is 2. The Morgan fingerprint density at radius 3 is 2.44 bits per heavy atom. The Hall–Kier alpha value is -2.15. The molecule has 1 heterocycles. The van der Waals surface area contributed by atoms with E-state index in [9.17, 15) is 0 Å². The Morgan fingerprint density at radius 1 is 0.722 bits per heavy atom. The van der Waals surface area contributed by atoms with Crippen LogP contribution in [0.15, 0.2) is 66.9 Å². The van der Waals surface area contributed by atoms with Crippen molar-refractivity contribution in [1.29, 1.82) is 0 Å². The van der Waals surface area contributed by atoms with E-state index in [0.717, 1.165) is 18.5 Å². The minimum Gasteiger partial charge on any atom is -0.261 e. The van der Waals surface area contributed by atoms with Gasteiger partial charge in [0, 0.05) is 11.9 Å². The molecule has 0 saturated heterocycles. The molecule has 0 bridgehead atoms. The van der Waals surface area contributed by atoms with Gasteiger partial charge in [0.15, 0.2) is 0 Å². The zero-order valence-electron chi connectivity index (χ0n) is 10.2. The number of aromatic nitrogens is 1. The molecule has 18 heavy (non-hydrogen) atoms. The van der Waals surface area contributed by atoms with Crippen molar-refractivity contribution in [2.24, 2.45) is 0 Å². The molecule has 0 aliphatic carbocycles. The lowest BCUT2D eigenvalue weighted by atomic mass is 10.00. The molecule has 0 aliphatic rings. The smallest absolute Gasteiger partial charge is 0.0406 e. The van der Waals surface area contributed by atoms with Crippen LogP contribution in [0.5, 0.6) is 0 Å². The summed E-state index contributed by atoms with van der Waals surface area (Å²) < 4.78 is 0. The van der Waals surface area contributed by atoms with Gasteiger partial charge in [0.05, 0.1) is 0 Å². The highest BCUT2D eigenvalue weighted by Gasteiger charge is 2.01. The van der Waals surface area contributed by atoms with Gasteiger partial charge in [-0.1, -0.05) is 48.5 Å². The molecular weight excluding hydrogens is 218 g/mol. The molecule has 0 saturated carbocycles. The Balaban J connectivity index is 1.87. The van der Waals surface area contributed by atoms with Gasteiger partial charge in [0.25, 0.3) is 0 Å². The summed E-state index contributed by atoms with van der Waals surface area (Å²) in [4.78, 5) is 4.37. The van der Waals surface area contributed by atoms with Crippen LogP contribution in [-0.4, -0.2) is 4.98 Å². The molecule has 0 N–H and O–H groups in total. The van der Waals surface area contributed by atoms with Crippen molar-refractivity contribution < 1.29 is 0 Å². The van der Waals surface area contributed by atoms with Crippen molar-refractivity contribution >= 4 is 10.8 Å². The fourth-order valence-electron chi connectivity index (χ4n) is 2.32. The van der Waals surface area contributed by atoms with Crippen molar-refractivity contribution in [2.45, 2.75) is 12.8 Å². The number of fused-ring (bicyclic) bond motifs is 1. The number of aryl methyl sites for hydroxylation is 2. The fourth-order valence-corrected chi connectivity index (χ4v) is 2.32. The molecule has 0 unspecified atom stereocenters. The summed E-state index contributed by atoms with van der Waals surface area (Å²) in [6, 6.07) is 21.2. The first-order valence-corrected chi connectivity index (χ1v) is 6.30. The van der Waals surface area contributed by atoms with Gasteiger partial charge in [-0.15, -0.1) is 0 Å². The van der Waals surface area contributed by atoms with E-state index < -0.39 is 0 Å². The van der Waals surface area contributed by atoms with Gasteiger partial charge in [0.2, 0.25) is 0 Å². The number of pyridine rings is 1. The van der Waals surface area contributed by atoms with Crippen LogP contribution in [0.3, 0.4) is 0 Å². The molecule has 1 nitrogen and oxygen atoms in total. The maximum Gasteiger partial charge on any atom is 0.0406 e. The predicted octanol–water partition coefficient (Wildman–Crippen LogP) is 4.02. The molecule has 0 spiro atoms. The molecule has 0 amide bonds. The van der Waals surface area contributed by atoms with Gasteiger partial charge in [-0.3, -0.25) is 4.98 Å². The summed E-state index contributed by atoms with van der Waals surface area (Å²) in [5.41, 5.74) is 2.56. The third kappa shape index (κ3) is 2.25. The minimum absolute atomic E-state index is 0.995. The van der Waals surface area contributed by atoms with Crippen LogP contribution in [0, 0.1) is 0 Å². The maximum absolute atomic E-state index is 4.37. The molecule has 2 aromatic carbocycles. The van der Waals surface area contributed by atoms with E-state index in [1.165, 1.54) is 16.3 Å². The lowest BCUT2D eigenvalue weighted by molar-refractivity contribution is 0.920. The fraction of sp³-hybridized carbons (Fsp3) is 0.118. The first kappa shape index (κ1) is 11.0.